The van der Waals surface area contributed by atoms with Crippen molar-refractivity contribution < 1.29 is 9.47 Å². The number of ether oxygens (including phenoxy) is 2. The second-order valence-electron chi connectivity index (χ2n) is 5.96. The van der Waals surface area contributed by atoms with Gasteiger partial charge in [-0.1, -0.05) is 74.0 Å². The summed E-state index contributed by atoms with van der Waals surface area (Å²) in [6.45, 7) is 10.9. The van der Waals surface area contributed by atoms with Gasteiger partial charge in [-0.15, -0.1) is 0 Å². The van der Waals surface area contributed by atoms with Crippen LogP contribution in [0.1, 0.15) is 57.6 Å². The van der Waals surface area contributed by atoms with E-state index in [0.717, 1.165) is 17.5 Å². The molecule has 0 amide bonds. The molecule has 21 heavy (non-hydrogen) atoms. The molecule has 1 unspecified atom stereocenters. The van der Waals surface area contributed by atoms with Gasteiger partial charge in [0.15, 0.2) is 0 Å². The van der Waals surface area contributed by atoms with E-state index in [-0.39, 0.29) is 5.60 Å². The van der Waals surface area contributed by atoms with Crippen molar-refractivity contribution in [3.05, 3.63) is 35.4 Å². The Morgan fingerprint density at radius 2 is 1.76 bits per heavy atom. The van der Waals surface area contributed by atoms with Gasteiger partial charge < -0.3 is 9.47 Å². The third kappa shape index (κ3) is 6.25. The van der Waals surface area contributed by atoms with Gasteiger partial charge in [0.1, 0.15) is 0 Å². The third-order valence-corrected chi connectivity index (χ3v) is 5.19. The number of hydrogen-bond acceptors (Lipinski definition) is 2. The van der Waals surface area contributed by atoms with Gasteiger partial charge in [0.25, 0.3) is 0 Å². The maximum atomic E-state index is 6.11. The molecule has 2 nitrogen and oxygen atoms in total. The monoisotopic (exact) mass is 404 g/mol. The highest BCUT2D eigenvalue weighted by Gasteiger charge is 2.26. The lowest BCUT2D eigenvalue weighted by Gasteiger charge is -2.29. The minimum atomic E-state index is -0.232. The molecule has 0 saturated carbocycles. The van der Waals surface area contributed by atoms with E-state index >= 15 is 0 Å². The van der Waals surface area contributed by atoms with E-state index in [0.29, 0.717) is 19.1 Å². The molecule has 0 bridgehead atoms. The maximum absolute atomic E-state index is 6.11. The summed E-state index contributed by atoms with van der Waals surface area (Å²) in [7, 11) is 0. The molecule has 120 valence electrons. The molecule has 0 radical (unpaired) electrons. The van der Waals surface area contributed by atoms with E-state index in [9.17, 15) is 0 Å². The van der Waals surface area contributed by atoms with E-state index in [2.05, 4.69) is 74.6 Å². The van der Waals surface area contributed by atoms with Crippen molar-refractivity contribution in [2.45, 2.75) is 52.1 Å². The zero-order valence-electron chi connectivity index (χ0n) is 13.8. The molecular weight excluding hydrogens is 375 g/mol. The normalized spacial score (nSPS) is 14.4. The molecule has 1 aromatic rings. The van der Waals surface area contributed by atoms with Gasteiger partial charge in [-0.2, -0.15) is 0 Å². The van der Waals surface area contributed by atoms with Crippen LogP contribution in [0.15, 0.2) is 24.3 Å². The van der Waals surface area contributed by atoms with Crippen LogP contribution in [0.4, 0.5) is 0 Å². The Bertz CT molecular complexity index is 389. The summed E-state index contributed by atoms with van der Waals surface area (Å²) in [5.41, 5.74) is 2.39. The van der Waals surface area contributed by atoms with Crippen molar-refractivity contribution in [2.24, 2.45) is 0 Å². The van der Waals surface area contributed by atoms with Crippen molar-refractivity contribution in [3.63, 3.8) is 0 Å². The summed E-state index contributed by atoms with van der Waals surface area (Å²) >= 11 is 2.40. The lowest BCUT2D eigenvalue weighted by molar-refractivity contribution is -0.0450. The van der Waals surface area contributed by atoms with Crippen LogP contribution in [-0.4, -0.2) is 24.2 Å². The van der Waals surface area contributed by atoms with E-state index in [1.807, 2.05) is 0 Å². The molecule has 1 rings (SSSR count). The Hall–Kier alpha value is -0.130. The first-order valence-corrected chi connectivity index (χ1v) is 9.44. The number of halogens is 1. The van der Waals surface area contributed by atoms with Crippen LogP contribution >= 0.6 is 22.6 Å². The van der Waals surface area contributed by atoms with Crippen molar-refractivity contribution in [1.82, 2.24) is 0 Å². The molecule has 0 aromatic heterocycles. The molecule has 0 saturated heterocycles. The Balaban J connectivity index is 2.54. The second-order valence-corrected chi connectivity index (χ2v) is 6.72. The quantitative estimate of drug-likeness (QED) is 0.300. The van der Waals surface area contributed by atoms with Crippen molar-refractivity contribution in [2.75, 3.05) is 24.2 Å². The zero-order valence-corrected chi connectivity index (χ0v) is 16.0. The minimum Gasteiger partial charge on any atom is -0.379 e. The molecule has 0 N–H and O–H groups in total. The number of alkyl halides is 1. The average molecular weight is 404 g/mol. The number of rotatable bonds is 10. The van der Waals surface area contributed by atoms with Crippen LogP contribution in [-0.2, 0) is 15.1 Å². The van der Waals surface area contributed by atoms with Gasteiger partial charge in [-0.05, 0) is 30.4 Å². The smallest absolute Gasteiger partial charge is 0.0993 e. The van der Waals surface area contributed by atoms with Gasteiger partial charge in [-0.3, -0.25) is 0 Å². The van der Waals surface area contributed by atoms with Gasteiger partial charge in [-0.25, -0.2) is 0 Å². The van der Waals surface area contributed by atoms with Crippen molar-refractivity contribution >= 4 is 22.6 Å². The van der Waals surface area contributed by atoms with Crippen LogP contribution in [0.25, 0.3) is 0 Å². The van der Waals surface area contributed by atoms with Crippen LogP contribution in [0.2, 0.25) is 0 Å². The first-order valence-electron chi connectivity index (χ1n) is 7.91. The van der Waals surface area contributed by atoms with Gasteiger partial charge in [0, 0.05) is 11.0 Å². The summed E-state index contributed by atoms with van der Waals surface area (Å²) in [5.74, 6) is 0.567. The third-order valence-electron chi connectivity index (χ3n) is 3.73. The van der Waals surface area contributed by atoms with Gasteiger partial charge in [0.05, 0.1) is 18.8 Å². The first-order chi connectivity index (χ1) is 10.0. The molecule has 0 aliphatic carbocycles. The fourth-order valence-corrected chi connectivity index (χ4v) is 2.75. The fourth-order valence-electron chi connectivity index (χ4n) is 2.09. The zero-order chi connectivity index (χ0) is 15.7. The molecule has 0 aliphatic rings. The second kappa shape index (κ2) is 9.80. The Morgan fingerprint density at radius 1 is 1.10 bits per heavy atom. The van der Waals surface area contributed by atoms with E-state index < -0.39 is 0 Å². The molecule has 0 aliphatic heterocycles. The van der Waals surface area contributed by atoms with E-state index in [4.69, 9.17) is 9.47 Å². The van der Waals surface area contributed by atoms with Gasteiger partial charge >= 0.3 is 0 Å². The summed E-state index contributed by atoms with van der Waals surface area (Å²) in [4.78, 5) is 0. The molecule has 0 fully saturated rings. The SMILES string of the molecule is CCCCOCCOC(C)(CI)c1ccc(C(C)C)cc1. The topological polar surface area (TPSA) is 18.5 Å². The standard InChI is InChI=1S/C18H29IO2/c1-5-6-11-20-12-13-21-18(4,14-19)17-9-7-16(8-10-17)15(2)3/h7-10,15H,5-6,11-14H2,1-4H3. The Morgan fingerprint density at radius 3 is 2.29 bits per heavy atom. The molecule has 0 spiro atoms. The summed E-state index contributed by atoms with van der Waals surface area (Å²) < 4.78 is 12.6. The highest BCUT2D eigenvalue weighted by molar-refractivity contribution is 14.1. The number of benzene rings is 1. The number of hydrogen-bond donors (Lipinski definition) is 0. The van der Waals surface area contributed by atoms with Crippen molar-refractivity contribution in [1.29, 1.82) is 0 Å². The summed E-state index contributed by atoms with van der Waals surface area (Å²) in [6.07, 6.45) is 2.30. The molecule has 0 heterocycles. The summed E-state index contributed by atoms with van der Waals surface area (Å²) in [5, 5.41) is 0. The van der Waals surface area contributed by atoms with E-state index in [1.54, 1.807) is 0 Å². The van der Waals surface area contributed by atoms with Crippen LogP contribution in [0.3, 0.4) is 0 Å². The van der Waals surface area contributed by atoms with Crippen LogP contribution in [0, 0.1) is 0 Å². The average Bonchev–Trinajstić information content (AvgIpc) is 2.50. The highest BCUT2D eigenvalue weighted by atomic mass is 127. The number of unbranched alkanes of at least 4 members (excludes halogenated alkanes) is 1. The molecular formula is C18H29IO2. The fraction of sp³-hybridized carbons (Fsp3) is 0.667. The first kappa shape index (κ1) is 18.9. The lowest BCUT2D eigenvalue weighted by atomic mass is 9.94. The summed E-state index contributed by atoms with van der Waals surface area (Å²) in [6, 6.07) is 8.83. The van der Waals surface area contributed by atoms with Gasteiger partial charge in [0.2, 0.25) is 0 Å². The van der Waals surface area contributed by atoms with Crippen molar-refractivity contribution in [3.8, 4) is 0 Å². The Kier molecular flexibility index (Phi) is 8.83. The maximum Gasteiger partial charge on any atom is 0.0993 e. The predicted molar refractivity (Wildman–Crippen MR) is 98.4 cm³/mol. The van der Waals surface area contributed by atoms with Crippen LogP contribution in [0.5, 0.6) is 0 Å². The predicted octanol–water partition coefficient (Wildman–Crippen LogP) is 5.29. The largest absolute Gasteiger partial charge is 0.379 e. The molecule has 1 atom stereocenters. The minimum absolute atomic E-state index is 0.232. The van der Waals surface area contributed by atoms with Crippen LogP contribution < -0.4 is 0 Å². The van der Waals surface area contributed by atoms with E-state index in [1.165, 1.54) is 17.5 Å². The highest BCUT2D eigenvalue weighted by Crippen LogP contribution is 2.29. The lowest BCUT2D eigenvalue weighted by Crippen LogP contribution is -2.29. The Labute approximate surface area is 143 Å². The molecule has 1 aromatic carbocycles. The molecule has 3 heteroatoms.